The lowest BCUT2D eigenvalue weighted by Crippen LogP contribution is -2.65. The molecule has 0 saturated heterocycles. The molecule has 6 aliphatic carbocycles. The highest BCUT2D eigenvalue weighted by Gasteiger charge is 2.89. The van der Waals surface area contributed by atoms with Gasteiger partial charge in [0.15, 0.2) is 23.1 Å². The first-order chi connectivity index (χ1) is 18.8. The number of aromatic hydroxyl groups is 2. The van der Waals surface area contributed by atoms with Crippen molar-refractivity contribution in [3.05, 3.63) is 68.8 Å². The van der Waals surface area contributed by atoms with Crippen LogP contribution in [0.2, 0.25) is 0 Å². The highest BCUT2D eigenvalue weighted by Crippen LogP contribution is 2.80. The van der Waals surface area contributed by atoms with Gasteiger partial charge in [-0.2, -0.15) is 0 Å². The van der Waals surface area contributed by atoms with Crippen LogP contribution in [0.1, 0.15) is 43.0 Å². The highest BCUT2D eigenvalue weighted by atomic mass is 16.3. The van der Waals surface area contributed by atoms with Crippen LogP contribution in [0.4, 0.5) is 0 Å². The fourth-order valence-electron chi connectivity index (χ4n) is 9.51. The average Bonchev–Trinajstić information content (AvgIpc) is 3.22. The van der Waals surface area contributed by atoms with Crippen LogP contribution in [-0.4, -0.2) is 66.0 Å². The lowest BCUT2D eigenvalue weighted by Gasteiger charge is -2.53. The second-order valence-electron chi connectivity index (χ2n) is 12.0. The van der Waals surface area contributed by atoms with Crippen molar-refractivity contribution < 1.29 is 49.8 Å². The fourth-order valence-corrected chi connectivity index (χ4v) is 9.51. The van der Waals surface area contributed by atoms with Gasteiger partial charge in [-0.25, -0.2) is 0 Å². The van der Waals surface area contributed by atoms with Crippen molar-refractivity contribution in [1.82, 2.24) is 0 Å². The number of ketones is 4. The predicted molar refractivity (Wildman–Crippen MR) is 134 cm³/mol. The van der Waals surface area contributed by atoms with Crippen molar-refractivity contribution in [3.63, 3.8) is 0 Å². The first-order valence-electron chi connectivity index (χ1n) is 12.9. The van der Waals surface area contributed by atoms with E-state index in [0.717, 1.165) is 0 Å². The molecule has 40 heavy (non-hydrogen) atoms. The van der Waals surface area contributed by atoms with Crippen molar-refractivity contribution in [2.75, 3.05) is 0 Å². The van der Waals surface area contributed by atoms with Crippen LogP contribution in [-0.2, 0) is 9.59 Å². The molecule has 2 aromatic rings. The fraction of sp³-hybridized carbons (Fsp3) is 0.333. The minimum Gasteiger partial charge on any atom is -0.507 e. The number of phenolic OH excluding ortho intramolecular Hbond substituents is 2. The molecule has 6 N–H and O–H groups in total. The van der Waals surface area contributed by atoms with E-state index >= 15 is 0 Å². The summed E-state index contributed by atoms with van der Waals surface area (Å²) in [4.78, 5) is 57.9. The van der Waals surface area contributed by atoms with Gasteiger partial charge in [0.2, 0.25) is 0 Å². The van der Waals surface area contributed by atoms with Crippen LogP contribution in [0.5, 0.6) is 11.5 Å². The van der Waals surface area contributed by atoms with E-state index in [9.17, 15) is 49.8 Å². The maximum atomic E-state index is 14.5. The van der Waals surface area contributed by atoms with Crippen LogP contribution >= 0.6 is 0 Å². The molecule has 4 saturated carbocycles. The minimum atomic E-state index is -2.25. The molecule has 0 aliphatic heterocycles. The quantitative estimate of drug-likeness (QED) is 0.286. The first kappa shape index (κ1) is 23.6. The van der Waals surface area contributed by atoms with Crippen LogP contribution < -0.4 is 0 Å². The zero-order valence-electron chi connectivity index (χ0n) is 21.1. The van der Waals surface area contributed by atoms with Gasteiger partial charge < -0.3 is 30.6 Å². The topological polar surface area (TPSA) is 190 Å². The SMILES string of the molecule is Cc1cc(O)c2c(c1)C(=O)C13C(=C2O)C(=O)[C@H]2C(O)C1C1C(O)C3C(=O)C3=C(O)c4c(O)cc(C)cc4C(=O)C312. The molecule has 202 valence electrons. The van der Waals surface area contributed by atoms with Gasteiger partial charge >= 0.3 is 0 Å². The van der Waals surface area contributed by atoms with Gasteiger partial charge in [-0.3, -0.25) is 19.2 Å². The van der Waals surface area contributed by atoms with E-state index in [-0.39, 0.29) is 22.3 Å². The number of rotatable bonds is 0. The maximum Gasteiger partial charge on any atom is 0.175 e. The Morgan fingerprint density at radius 2 is 0.950 bits per heavy atom. The average molecular weight is 542 g/mol. The molecule has 2 aromatic carbocycles. The van der Waals surface area contributed by atoms with Gasteiger partial charge in [0.25, 0.3) is 0 Å². The third-order valence-electron chi connectivity index (χ3n) is 10.4. The second kappa shape index (κ2) is 6.54. The molecular weight excluding hydrogens is 520 g/mol. The number of hydrogen-bond acceptors (Lipinski definition) is 10. The summed E-state index contributed by atoms with van der Waals surface area (Å²) in [5.74, 6) is -12.2. The second-order valence-corrected chi connectivity index (χ2v) is 12.0. The largest absolute Gasteiger partial charge is 0.507 e. The Balaban J connectivity index is 1.55. The summed E-state index contributed by atoms with van der Waals surface area (Å²) in [7, 11) is 0. The molecule has 10 heteroatoms. The number of fused-ring (bicyclic) bond motifs is 4. The number of benzene rings is 2. The Hall–Kier alpha value is -4.28. The molecule has 2 spiro atoms. The Kier molecular flexibility index (Phi) is 3.86. The number of carbonyl (C=O) groups excluding carboxylic acids is 4. The van der Waals surface area contributed by atoms with E-state index in [4.69, 9.17) is 0 Å². The first-order valence-corrected chi connectivity index (χ1v) is 12.9. The van der Waals surface area contributed by atoms with E-state index < -0.39 is 104 Å². The van der Waals surface area contributed by atoms with Gasteiger partial charge in [-0.1, -0.05) is 0 Å². The van der Waals surface area contributed by atoms with E-state index in [2.05, 4.69) is 0 Å². The Morgan fingerprint density at radius 1 is 0.600 bits per heavy atom. The van der Waals surface area contributed by atoms with Crippen LogP contribution in [0.25, 0.3) is 11.5 Å². The van der Waals surface area contributed by atoms with Crippen LogP contribution in [0, 0.1) is 48.3 Å². The molecule has 0 radical (unpaired) electrons. The lowest BCUT2D eigenvalue weighted by molar-refractivity contribution is -0.142. The number of hydrogen-bond donors (Lipinski definition) is 6. The predicted octanol–water partition coefficient (Wildman–Crippen LogP) is 1.70. The normalized spacial score (nSPS) is 38.1. The number of allylic oxidation sites excluding steroid dienone is 2. The minimum absolute atomic E-state index is 0.185. The van der Waals surface area contributed by atoms with E-state index in [0.29, 0.717) is 11.1 Å². The molecule has 8 rings (SSSR count). The highest BCUT2D eigenvalue weighted by molar-refractivity contribution is 6.30. The molecule has 8 atom stereocenters. The van der Waals surface area contributed by atoms with Crippen molar-refractivity contribution in [1.29, 1.82) is 0 Å². The number of Topliss-reactive ketones (excluding diaryl/α,β-unsaturated/α-hetero) is 4. The molecule has 10 nitrogen and oxygen atoms in total. The van der Waals surface area contributed by atoms with Gasteiger partial charge in [-0.15, -0.1) is 0 Å². The molecule has 0 heterocycles. The van der Waals surface area contributed by atoms with Crippen molar-refractivity contribution in [3.8, 4) is 11.5 Å². The molecule has 4 fully saturated rings. The summed E-state index contributed by atoms with van der Waals surface area (Å²) in [6.07, 6.45) is -3.37. The van der Waals surface area contributed by atoms with E-state index in [1.807, 2.05) is 0 Å². The number of aliphatic hydroxyl groups excluding tert-OH is 4. The van der Waals surface area contributed by atoms with E-state index in [1.54, 1.807) is 13.8 Å². The smallest absolute Gasteiger partial charge is 0.175 e. The van der Waals surface area contributed by atoms with Gasteiger partial charge in [0.05, 0.1) is 57.1 Å². The van der Waals surface area contributed by atoms with E-state index in [1.165, 1.54) is 24.3 Å². The standard InChI is InChI=1S/C30H22O10/c1-7-3-9-13(11(31)5-7)21(33)17-25(37)20-23(35)15-16-24(36)19(29(15,17)27(9)39)26(38)18-22(34)14-10(28(40)30(16,18)20)4-8(2)6-12(14)32/h3-6,15-16,19-20,23-24,31-36H,1-2H3/t15?,16?,19-,20?,23?,24?,29?,30?/m1/s1. The van der Waals surface area contributed by atoms with Crippen molar-refractivity contribution in [2.24, 2.45) is 34.5 Å². The van der Waals surface area contributed by atoms with Gasteiger partial charge in [-0.05, 0) is 49.2 Å². The summed E-state index contributed by atoms with van der Waals surface area (Å²) in [6, 6.07) is 5.37. The van der Waals surface area contributed by atoms with Crippen LogP contribution in [0.3, 0.4) is 0 Å². The molecule has 6 aliphatic rings. The van der Waals surface area contributed by atoms with Gasteiger partial charge in [0.1, 0.15) is 23.0 Å². The van der Waals surface area contributed by atoms with Gasteiger partial charge in [0, 0.05) is 23.0 Å². The molecule has 0 amide bonds. The number of carbonyl (C=O) groups is 4. The number of phenols is 2. The third-order valence-corrected chi connectivity index (χ3v) is 10.4. The Morgan fingerprint density at radius 3 is 1.30 bits per heavy atom. The zero-order valence-corrected chi connectivity index (χ0v) is 21.1. The zero-order chi connectivity index (χ0) is 28.5. The number of aliphatic hydroxyl groups is 4. The van der Waals surface area contributed by atoms with Crippen molar-refractivity contribution in [2.45, 2.75) is 26.1 Å². The Labute approximate surface area is 225 Å². The molecule has 4 bridgehead atoms. The molecule has 0 aromatic heterocycles. The lowest BCUT2D eigenvalue weighted by atomic mass is 9.46. The summed E-state index contributed by atoms with van der Waals surface area (Å²) in [5, 5.41) is 67.8. The van der Waals surface area contributed by atoms with Crippen LogP contribution in [0.15, 0.2) is 35.4 Å². The summed E-state index contributed by atoms with van der Waals surface area (Å²) >= 11 is 0. The molecular formula is C30H22O10. The van der Waals surface area contributed by atoms with Crippen molar-refractivity contribution >= 4 is 34.7 Å². The summed E-state index contributed by atoms with van der Waals surface area (Å²) in [6.45, 7) is 3.19. The Bertz CT molecular complexity index is 1680. The third kappa shape index (κ3) is 1.96. The summed E-state index contributed by atoms with van der Waals surface area (Å²) in [5.41, 5.74) is -5.58. The number of aryl methyl sites for hydroxylation is 2. The molecule has 7 unspecified atom stereocenters. The summed E-state index contributed by atoms with van der Waals surface area (Å²) < 4.78 is 0. The maximum absolute atomic E-state index is 14.5. The monoisotopic (exact) mass is 542 g/mol.